The zero-order valence-electron chi connectivity index (χ0n) is 12.8. The molecule has 0 spiro atoms. The lowest BCUT2D eigenvalue weighted by Gasteiger charge is -2.19. The van der Waals surface area contributed by atoms with Crippen LogP contribution >= 0.6 is 22.9 Å². The first-order valence-electron chi connectivity index (χ1n) is 6.80. The summed E-state index contributed by atoms with van der Waals surface area (Å²) in [5, 5.41) is 5.23. The van der Waals surface area contributed by atoms with Crippen LogP contribution in [0.4, 0.5) is 18.0 Å². The maximum Gasteiger partial charge on any atom is 0.426 e. The Bertz CT molecular complexity index is 903. The Balaban J connectivity index is 2.14. The van der Waals surface area contributed by atoms with Gasteiger partial charge in [0.05, 0.1) is 0 Å². The minimum absolute atomic E-state index is 0.0208. The van der Waals surface area contributed by atoms with E-state index in [9.17, 15) is 18.0 Å². The van der Waals surface area contributed by atoms with Gasteiger partial charge in [0.2, 0.25) is 0 Å². The van der Waals surface area contributed by atoms with E-state index in [1.807, 2.05) is 0 Å². The minimum Gasteiger partial charge on any atom is -0.443 e. The van der Waals surface area contributed by atoms with E-state index in [1.165, 1.54) is 17.6 Å². The zero-order valence-corrected chi connectivity index (χ0v) is 14.5. The molecule has 5 nitrogen and oxygen atoms in total. The summed E-state index contributed by atoms with van der Waals surface area (Å²) in [6.07, 6.45) is -3.84. The summed E-state index contributed by atoms with van der Waals surface area (Å²) < 4.78 is 49.7. The van der Waals surface area contributed by atoms with E-state index >= 15 is 0 Å². The normalized spacial score (nSPS) is 12.8. The zero-order chi connectivity index (χ0) is 17.7. The van der Waals surface area contributed by atoms with Crippen molar-refractivity contribution < 1.29 is 22.7 Å². The number of thiophene rings is 1. The first-order chi connectivity index (χ1) is 11.1. The summed E-state index contributed by atoms with van der Waals surface area (Å²) in [5.74, 6) is 0. The highest BCUT2D eigenvalue weighted by molar-refractivity contribution is 7.12. The Hall–Kier alpha value is -1.94. The van der Waals surface area contributed by atoms with Gasteiger partial charge in [0.25, 0.3) is 0 Å². The summed E-state index contributed by atoms with van der Waals surface area (Å²) in [5.41, 5.74) is -0.300. The molecule has 0 fully saturated rings. The van der Waals surface area contributed by atoms with Gasteiger partial charge in [0.15, 0.2) is 4.83 Å². The van der Waals surface area contributed by atoms with Crippen molar-refractivity contribution in [1.82, 2.24) is 14.2 Å². The van der Waals surface area contributed by atoms with Crippen LogP contribution in [0.2, 0.25) is 0 Å². The third kappa shape index (κ3) is 3.03. The van der Waals surface area contributed by atoms with Crippen LogP contribution in [0.3, 0.4) is 0 Å². The highest BCUT2D eigenvalue weighted by Gasteiger charge is 2.36. The number of fused-ring (bicyclic) bond motifs is 1. The van der Waals surface area contributed by atoms with Crippen LogP contribution in [0.1, 0.15) is 25.6 Å². The van der Waals surface area contributed by atoms with Gasteiger partial charge in [0, 0.05) is 28.9 Å². The van der Waals surface area contributed by atoms with E-state index in [1.54, 1.807) is 20.8 Å². The average Bonchev–Trinajstić information content (AvgIpc) is 3.10. The first kappa shape index (κ1) is 16.9. The van der Waals surface area contributed by atoms with Crippen molar-refractivity contribution in [3.05, 3.63) is 22.5 Å². The molecule has 0 N–H and O–H groups in total. The fourth-order valence-electron chi connectivity index (χ4n) is 2.15. The van der Waals surface area contributed by atoms with Gasteiger partial charge in [-0.2, -0.15) is 13.2 Å². The summed E-state index contributed by atoms with van der Waals surface area (Å²) in [6.45, 7) is 5.12. The number of ether oxygens (including phenoxy) is 1. The Kier molecular flexibility index (Phi) is 3.91. The number of aromatic nitrogens is 3. The van der Waals surface area contributed by atoms with Gasteiger partial charge in [0.1, 0.15) is 16.0 Å². The van der Waals surface area contributed by atoms with E-state index in [0.29, 0.717) is 16.2 Å². The van der Waals surface area contributed by atoms with Crippen molar-refractivity contribution in [3.63, 3.8) is 0 Å². The quantitative estimate of drug-likeness (QED) is 0.599. The van der Waals surface area contributed by atoms with Crippen LogP contribution in [0.15, 0.2) is 17.6 Å². The number of halogens is 3. The second kappa shape index (κ2) is 5.55. The van der Waals surface area contributed by atoms with Gasteiger partial charge in [-0.3, -0.25) is 0 Å². The van der Waals surface area contributed by atoms with Gasteiger partial charge < -0.3 is 4.74 Å². The van der Waals surface area contributed by atoms with Crippen LogP contribution < -0.4 is 0 Å². The summed E-state index contributed by atoms with van der Waals surface area (Å²) in [6, 6.07) is 1.36. The lowest BCUT2D eigenvalue weighted by atomic mass is 10.1. The highest BCUT2D eigenvalue weighted by atomic mass is 32.1. The molecular weight excluding hydrogens is 363 g/mol. The highest BCUT2D eigenvalue weighted by Crippen LogP contribution is 2.43. The van der Waals surface area contributed by atoms with Gasteiger partial charge in [-0.25, -0.2) is 9.36 Å². The molecule has 0 radical (unpaired) electrons. The number of hydrogen-bond acceptors (Lipinski definition) is 6. The molecule has 0 unspecified atom stereocenters. The van der Waals surface area contributed by atoms with E-state index < -0.39 is 22.7 Å². The molecule has 3 heterocycles. The van der Waals surface area contributed by atoms with Crippen molar-refractivity contribution >= 4 is 39.3 Å². The van der Waals surface area contributed by atoms with Crippen LogP contribution in [-0.4, -0.2) is 25.8 Å². The van der Waals surface area contributed by atoms with Crippen molar-refractivity contribution in [2.45, 2.75) is 32.5 Å². The third-order valence-corrected chi connectivity index (χ3v) is 4.69. The second-order valence-corrected chi connectivity index (χ2v) is 7.63. The molecule has 0 saturated carbocycles. The monoisotopic (exact) mass is 375 g/mol. The maximum absolute atomic E-state index is 13.2. The summed E-state index contributed by atoms with van der Waals surface area (Å²) in [7, 11) is 0. The number of hydrogen-bond donors (Lipinski definition) is 0. The lowest BCUT2D eigenvalue weighted by molar-refractivity contribution is -0.133. The molecule has 0 bridgehead atoms. The van der Waals surface area contributed by atoms with E-state index in [4.69, 9.17) is 4.74 Å². The smallest absolute Gasteiger partial charge is 0.426 e. The van der Waals surface area contributed by atoms with E-state index in [0.717, 1.165) is 16.1 Å². The average molecular weight is 375 g/mol. The summed E-state index contributed by atoms with van der Waals surface area (Å²) in [4.78, 5) is 11.9. The SMILES string of the molecule is CC(C)(C)OC(=O)n1cc(-c2ccsc2C(F)(F)F)c2nnsc21. The predicted octanol–water partition coefficient (Wildman–Crippen LogP) is 5.02. The molecule has 3 aromatic heterocycles. The van der Waals surface area contributed by atoms with Crippen molar-refractivity contribution in [3.8, 4) is 11.1 Å². The lowest BCUT2D eigenvalue weighted by Crippen LogP contribution is -2.26. The topological polar surface area (TPSA) is 57.0 Å². The van der Waals surface area contributed by atoms with Crippen LogP contribution in [-0.2, 0) is 10.9 Å². The van der Waals surface area contributed by atoms with Crippen LogP contribution in [0.5, 0.6) is 0 Å². The fourth-order valence-corrected chi connectivity index (χ4v) is 3.58. The fraction of sp³-hybridized carbons (Fsp3) is 0.357. The molecule has 3 rings (SSSR count). The standard InChI is InChI=1S/C14H12F3N3O2S2/c1-13(2,3)22-12(21)20-6-8(9-11(20)24-19-18-9)7-4-5-23-10(7)14(15,16)17/h4-6H,1-3H3. The van der Waals surface area contributed by atoms with Gasteiger partial charge in [-0.05, 0) is 32.2 Å². The molecule has 10 heteroatoms. The first-order valence-corrected chi connectivity index (χ1v) is 8.45. The third-order valence-electron chi connectivity index (χ3n) is 3.01. The number of carbonyl (C=O) groups is 1. The predicted molar refractivity (Wildman–Crippen MR) is 85.4 cm³/mol. The molecule has 24 heavy (non-hydrogen) atoms. The Morgan fingerprint density at radius 1 is 1.25 bits per heavy atom. The minimum atomic E-state index is -4.48. The number of carbonyl (C=O) groups excluding carboxylic acids is 1. The number of alkyl halides is 3. The molecule has 0 aromatic carbocycles. The summed E-state index contributed by atoms with van der Waals surface area (Å²) >= 11 is 1.52. The molecule has 3 aromatic rings. The Morgan fingerprint density at radius 3 is 2.58 bits per heavy atom. The van der Waals surface area contributed by atoms with E-state index in [-0.39, 0.29) is 16.6 Å². The molecular formula is C14H12F3N3O2S2. The molecule has 0 atom stereocenters. The van der Waals surface area contributed by atoms with E-state index in [2.05, 4.69) is 9.59 Å². The van der Waals surface area contributed by atoms with Crippen molar-refractivity contribution in [2.24, 2.45) is 0 Å². The van der Waals surface area contributed by atoms with Gasteiger partial charge in [-0.15, -0.1) is 16.4 Å². The molecule has 0 amide bonds. The van der Waals surface area contributed by atoms with Crippen LogP contribution in [0.25, 0.3) is 21.5 Å². The number of nitrogens with zero attached hydrogens (tertiary/aromatic N) is 3. The largest absolute Gasteiger partial charge is 0.443 e. The molecule has 0 aliphatic heterocycles. The Labute approximate surface area is 142 Å². The maximum atomic E-state index is 13.2. The van der Waals surface area contributed by atoms with Gasteiger partial charge in [-0.1, -0.05) is 4.49 Å². The molecule has 0 aliphatic carbocycles. The second-order valence-electron chi connectivity index (χ2n) is 5.98. The van der Waals surface area contributed by atoms with Crippen molar-refractivity contribution in [1.29, 1.82) is 0 Å². The van der Waals surface area contributed by atoms with Crippen molar-refractivity contribution in [2.75, 3.05) is 0 Å². The molecule has 0 aliphatic rings. The van der Waals surface area contributed by atoms with Crippen LogP contribution in [0, 0.1) is 0 Å². The number of rotatable bonds is 1. The Morgan fingerprint density at radius 2 is 1.96 bits per heavy atom. The molecule has 0 saturated heterocycles. The van der Waals surface area contributed by atoms with Gasteiger partial charge >= 0.3 is 12.3 Å². The molecule has 128 valence electrons.